The fourth-order valence-electron chi connectivity index (χ4n) is 2.20. The van der Waals surface area contributed by atoms with Crippen molar-refractivity contribution in [1.29, 1.82) is 5.26 Å². The molecule has 0 spiro atoms. The molecule has 0 aliphatic heterocycles. The summed E-state index contributed by atoms with van der Waals surface area (Å²) in [6.45, 7) is 3.82. The van der Waals surface area contributed by atoms with Crippen LogP contribution in [0.5, 0.6) is 5.75 Å². The summed E-state index contributed by atoms with van der Waals surface area (Å²) in [4.78, 5) is 10.5. The van der Waals surface area contributed by atoms with E-state index in [1.807, 2.05) is 13.8 Å². The van der Waals surface area contributed by atoms with E-state index in [4.69, 9.17) is 10.00 Å². The first kappa shape index (κ1) is 14.5. The van der Waals surface area contributed by atoms with Crippen LogP contribution in [0.25, 0.3) is 0 Å². The predicted molar refractivity (Wildman–Crippen MR) is 78.1 cm³/mol. The zero-order chi connectivity index (χ0) is 15.4. The summed E-state index contributed by atoms with van der Waals surface area (Å²) < 4.78 is 5.73. The molecule has 21 heavy (non-hydrogen) atoms. The SMILES string of the molecule is Cc1cc(C#N)cc(C)c1OCc1ccccc1[N+](=O)[O-]. The number of nitrogens with zero attached hydrogens (tertiary/aromatic N) is 2. The van der Waals surface area contributed by atoms with Crippen LogP contribution in [-0.2, 0) is 6.61 Å². The van der Waals surface area contributed by atoms with Crippen LogP contribution in [0.15, 0.2) is 36.4 Å². The van der Waals surface area contributed by atoms with Crippen molar-refractivity contribution in [3.8, 4) is 11.8 Å². The van der Waals surface area contributed by atoms with Crippen LogP contribution >= 0.6 is 0 Å². The molecule has 0 heterocycles. The van der Waals surface area contributed by atoms with Crippen molar-refractivity contribution in [2.24, 2.45) is 0 Å². The van der Waals surface area contributed by atoms with E-state index in [9.17, 15) is 10.1 Å². The molecule has 0 bridgehead atoms. The number of aryl methyl sites for hydroxylation is 2. The molecule has 0 radical (unpaired) electrons. The lowest BCUT2D eigenvalue weighted by molar-refractivity contribution is -0.385. The maximum atomic E-state index is 11.0. The summed E-state index contributed by atoms with van der Waals surface area (Å²) in [7, 11) is 0. The summed E-state index contributed by atoms with van der Waals surface area (Å²) in [5.74, 6) is 0.659. The van der Waals surface area contributed by atoms with Crippen LogP contribution < -0.4 is 4.74 Å². The van der Waals surface area contributed by atoms with Crippen LogP contribution in [0.1, 0.15) is 22.3 Å². The third kappa shape index (κ3) is 3.18. The molecule has 0 aliphatic carbocycles. The highest BCUT2D eigenvalue weighted by Gasteiger charge is 2.14. The molecule has 5 heteroatoms. The van der Waals surface area contributed by atoms with E-state index >= 15 is 0 Å². The molecule has 0 fully saturated rings. The highest BCUT2D eigenvalue weighted by atomic mass is 16.6. The highest BCUT2D eigenvalue weighted by Crippen LogP contribution is 2.27. The topological polar surface area (TPSA) is 76.2 Å². The normalized spacial score (nSPS) is 9.95. The number of rotatable bonds is 4. The van der Waals surface area contributed by atoms with E-state index in [-0.39, 0.29) is 12.3 Å². The van der Waals surface area contributed by atoms with Gasteiger partial charge in [0.25, 0.3) is 5.69 Å². The van der Waals surface area contributed by atoms with Gasteiger partial charge >= 0.3 is 0 Å². The average Bonchev–Trinajstić information content (AvgIpc) is 2.46. The lowest BCUT2D eigenvalue weighted by Crippen LogP contribution is -2.02. The van der Waals surface area contributed by atoms with Gasteiger partial charge in [0.2, 0.25) is 0 Å². The lowest BCUT2D eigenvalue weighted by Gasteiger charge is -2.12. The molecular weight excluding hydrogens is 268 g/mol. The van der Waals surface area contributed by atoms with E-state index in [1.165, 1.54) is 6.07 Å². The molecule has 0 aliphatic rings. The maximum absolute atomic E-state index is 11.0. The Balaban J connectivity index is 2.26. The monoisotopic (exact) mass is 282 g/mol. The maximum Gasteiger partial charge on any atom is 0.276 e. The van der Waals surface area contributed by atoms with Gasteiger partial charge in [-0.15, -0.1) is 0 Å². The minimum atomic E-state index is -0.419. The quantitative estimate of drug-likeness (QED) is 0.633. The Labute approximate surface area is 122 Å². The molecular formula is C16H14N2O3. The van der Waals surface area contributed by atoms with Gasteiger partial charge in [0.15, 0.2) is 0 Å². The fourth-order valence-corrected chi connectivity index (χ4v) is 2.20. The van der Waals surface area contributed by atoms with Crippen molar-refractivity contribution in [1.82, 2.24) is 0 Å². The number of hydrogen-bond donors (Lipinski definition) is 0. The van der Waals surface area contributed by atoms with Crippen LogP contribution in [0.3, 0.4) is 0 Å². The van der Waals surface area contributed by atoms with Gasteiger partial charge < -0.3 is 4.74 Å². The largest absolute Gasteiger partial charge is 0.488 e. The van der Waals surface area contributed by atoms with E-state index in [1.54, 1.807) is 30.3 Å². The number of para-hydroxylation sites is 1. The van der Waals surface area contributed by atoms with Crippen molar-refractivity contribution in [3.05, 3.63) is 68.8 Å². The second-order valence-corrected chi connectivity index (χ2v) is 4.73. The highest BCUT2D eigenvalue weighted by molar-refractivity contribution is 5.47. The van der Waals surface area contributed by atoms with Gasteiger partial charge in [-0.05, 0) is 43.2 Å². The van der Waals surface area contributed by atoms with E-state index in [0.717, 1.165) is 11.1 Å². The molecule has 106 valence electrons. The van der Waals surface area contributed by atoms with E-state index < -0.39 is 4.92 Å². The van der Waals surface area contributed by atoms with Crippen molar-refractivity contribution in [2.75, 3.05) is 0 Å². The first-order chi connectivity index (χ1) is 10.0. The molecule has 2 rings (SSSR count). The van der Waals surface area contributed by atoms with Gasteiger partial charge in [-0.1, -0.05) is 12.1 Å². The van der Waals surface area contributed by atoms with E-state index in [2.05, 4.69) is 6.07 Å². The minimum Gasteiger partial charge on any atom is -0.488 e. The molecule has 0 saturated carbocycles. The van der Waals surface area contributed by atoms with Crippen molar-refractivity contribution in [2.45, 2.75) is 20.5 Å². The molecule has 2 aromatic rings. The number of nitriles is 1. The second kappa shape index (κ2) is 6.06. The van der Waals surface area contributed by atoms with Crippen LogP contribution in [0, 0.1) is 35.3 Å². The van der Waals surface area contributed by atoms with Gasteiger partial charge in [-0.25, -0.2) is 0 Å². The molecule has 0 atom stereocenters. The van der Waals surface area contributed by atoms with Crippen molar-refractivity contribution >= 4 is 5.69 Å². The fraction of sp³-hybridized carbons (Fsp3) is 0.188. The second-order valence-electron chi connectivity index (χ2n) is 4.73. The molecule has 0 aromatic heterocycles. The summed E-state index contributed by atoms with van der Waals surface area (Å²) in [5, 5.41) is 19.9. The summed E-state index contributed by atoms with van der Waals surface area (Å²) in [6.07, 6.45) is 0. The Hall–Kier alpha value is -2.87. The Morgan fingerprint density at radius 2 is 1.86 bits per heavy atom. The Morgan fingerprint density at radius 3 is 2.43 bits per heavy atom. The summed E-state index contributed by atoms with van der Waals surface area (Å²) in [6, 6.07) is 12.1. The predicted octanol–water partition coefficient (Wildman–Crippen LogP) is 3.66. The number of nitro groups is 1. The number of benzene rings is 2. The lowest BCUT2D eigenvalue weighted by atomic mass is 10.1. The minimum absolute atomic E-state index is 0.0430. The average molecular weight is 282 g/mol. The standard InChI is InChI=1S/C16H14N2O3/c1-11-7-13(9-17)8-12(2)16(11)21-10-14-5-3-4-6-15(14)18(19)20/h3-8H,10H2,1-2H3. The third-order valence-corrected chi connectivity index (χ3v) is 3.15. The first-order valence-electron chi connectivity index (χ1n) is 6.39. The van der Waals surface area contributed by atoms with Gasteiger partial charge in [0.05, 0.1) is 22.1 Å². The van der Waals surface area contributed by atoms with Crippen molar-refractivity contribution < 1.29 is 9.66 Å². The van der Waals surface area contributed by atoms with Crippen LogP contribution in [0.2, 0.25) is 0 Å². The molecule has 5 nitrogen and oxygen atoms in total. The number of ether oxygens (including phenoxy) is 1. The zero-order valence-electron chi connectivity index (χ0n) is 11.8. The van der Waals surface area contributed by atoms with Gasteiger partial charge in [-0.2, -0.15) is 5.26 Å². The Bertz CT molecular complexity index is 710. The summed E-state index contributed by atoms with van der Waals surface area (Å²) in [5.41, 5.74) is 2.81. The van der Waals surface area contributed by atoms with Crippen LogP contribution in [-0.4, -0.2) is 4.92 Å². The molecule has 0 saturated heterocycles. The first-order valence-corrected chi connectivity index (χ1v) is 6.39. The molecule has 2 aromatic carbocycles. The number of nitro benzene ring substituents is 1. The van der Waals surface area contributed by atoms with Crippen molar-refractivity contribution in [3.63, 3.8) is 0 Å². The number of hydrogen-bond acceptors (Lipinski definition) is 4. The molecule has 0 amide bonds. The smallest absolute Gasteiger partial charge is 0.276 e. The Kier molecular flexibility index (Phi) is 4.19. The van der Waals surface area contributed by atoms with Crippen LogP contribution in [0.4, 0.5) is 5.69 Å². The van der Waals surface area contributed by atoms with Gasteiger partial charge in [0, 0.05) is 6.07 Å². The molecule has 0 unspecified atom stereocenters. The van der Waals surface area contributed by atoms with Gasteiger partial charge in [0.1, 0.15) is 12.4 Å². The zero-order valence-corrected chi connectivity index (χ0v) is 11.8. The summed E-state index contributed by atoms with van der Waals surface area (Å²) >= 11 is 0. The third-order valence-electron chi connectivity index (χ3n) is 3.15. The van der Waals surface area contributed by atoms with E-state index in [0.29, 0.717) is 16.9 Å². The van der Waals surface area contributed by atoms with Gasteiger partial charge in [-0.3, -0.25) is 10.1 Å². The molecule has 0 N–H and O–H groups in total. The Morgan fingerprint density at radius 1 is 1.24 bits per heavy atom.